The van der Waals surface area contributed by atoms with Crippen LogP contribution in [0, 0.1) is 10.8 Å². The smallest absolute Gasteiger partial charge is 0.187 e. The van der Waals surface area contributed by atoms with Crippen LogP contribution >= 0.6 is 0 Å². The predicted octanol–water partition coefficient (Wildman–Crippen LogP) is 6.73. The molecule has 1 fully saturated rings. The average molecular weight is 759 g/mol. The summed E-state index contributed by atoms with van der Waals surface area (Å²) in [6, 6.07) is 0. The van der Waals surface area contributed by atoms with Gasteiger partial charge in [-0.3, -0.25) is 9.59 Å². The van der Waals surface area contributed by atoms with Crippen molar-refractivity contribution in [1.29, 1.82) is 0 Å². The fourth-order valence-corrected chi connectivity index (χ4v) is 7.05. The molecule has 0 aromatic carbocycles. The van der Waals surface area contributed by atoms with Gasteiger partial charge in [-0.25, -0.2) is 0 Å². The third kappa shape index (κ3) is 12.3. The van der Waals surface area contributed by atoms with Crippen molar-refractivity contribution in [2.75, 3.05) is 6.61 Å². The molecule has 300 valence electrons. The summed E-state index contributed by atoms with van der Waals surface area (Å²) in [7, 11) is 0. The van der Waals surface area contributed by atoms with Crippen molar-refractivity contribution in [3.8, 4) is 0 Å². The number of aliphatic hydroxyl groups is 5. The zero-order chi connectivity index (χ0) is 41.2. The van der Waals surface area contributed by atoms with E-state index in [0.29, 0.717) is 24.0 Å². The fraction of sp³-hybridized carbons (Fsp3) is 0.478. The number of ether oxygens (including phenoxy) is 2. The van der Waals surface area contributed by atoms with Crippen molar-refractivity contribution in [2.45, 2.75) is 125 Å². The molecule has 0 amide bonds. The lowest BCUT2D eigenvalue weighted by Gasteiger charge is -2.43. The van der Waals surface area contributed by atoms with Crippen LogP contribution in [0.25, 0.3) is 0 Å². The molecule has 0 saturated carbocycles. The third-order valence-electron chi connectivity index (χ3n) is 10.4. The molecular weight excluding hydrogens is 696 g/mol. The molecule has 0 aromatic heterocycles. The van der Waals surface area contributed by atoms with Crippen LogP contribution in [0.4, 0.5) is 0 Å². The highest BCUT2D eigenvalue weighted by atomic mass is 16.7. The van der Waals surface area contributed by atoms with Gasteiger partial charge in [0, 0.05) is 0 Å². The monoisotopic (exact) mass is 758 g/mol. The Labute approximate surface area is 327 Å². The number of aliphatic hydroxyl groups excluding tert-OH is 5. The van der Waals surface area contributed by atoms with Crippen molar-refractivity contribution in [3.05, 3.63) is 130 Å². The predicted molar refractivity (Wildman–Crippen MR) is 218 cm³/mol. The Balaban J connectivity index is 1.56. The van der Waals surface area contributed by atoms with Crippen LogP contribution in [0.2, 0.25) is 0 Å². The van der Waals surface area contributed by atoms with Crippen molar-refractivity contribution in [2.24, 2.45) is 10.8 Å². The Morgan fingerprint density at radius 2 is 1.09 bits per heavy atom. The molecule has 0 bridgehead atoms. The molecule has 0 radical (unpaired) electrons. The highest BCUT2D eigenvalue weighted by Crippen LogP contribution is 2.42. The van der Waals surface area contributed by atoms with Gasteiger partial charge in [0.15, 0.2) is 17.9 Å². The molecule has 1 saturated heterocycles. The van der Waals surface area contributed by atoms with E-state index in [1.807, 2.05) is 127 Å². The SMILES string of the molecule is CC(C=CC=C(C)C=CC1=C(C)C(=O)C(O)CC1(C)C)=CC=CC=C(C)C=CC=C(C)C=CC1=C(C)C(=O)C(OC2OC(CO)C(O)C(O)C2O)CC1(C)C. The van der Waals surface area contributed by atoms with E-state index in [0.717, 1.165) is 33.4 Å². The fourth-order valence-electron chi connectivity index (χ4n) is 7.05. The zero-order valence-electron chi connectivity index (χ0n) is 34.1. The molecule has 9 heteroatoms. The summed E-state index contributed by atoms with van der Waals surface area (Å²) in [5.74, 6) is -0.442. The van der Waals surface area contributed by atoms with E-state index in [1.54, 1.807) is 13.8 Å². The molecular formula is C46H62O9. The van der Waals surface area contributed by atoms with Gasteiger partial charge < -0.3 is 35.0 Å². The van der Waals surface area contributed by atoms with Gasteiger partial charge in [-0.15, -0.1) is 0 Å². The first kappa shape index (κ1) is 45.6. The minimum absolute atomic E-state index is 0.190. The number of Topliss-reactive ketones (excluding diaryl/α,β-unsaturated/α-hetero) is 2. The van der Waals surface area contributed by atoms with Gasteiger partial charge in [-0.1, -0.05) is 135 Å². The molecule has 5 N–H and O–H groups in total. The van der Waals surface area contributed by atoms with Crippen LogP contribution in [0.15, 0.2) is 130 Å². The highest BCUT2D eigenvalue weighted by molar-refractivity contribution is 6.01. The van der Waals surface area contributed by atoms with E-state index >= 15 is 0 Å². The Morgan fingerprint density at radius 1 is 0.655 bits per heavy atom. The van der Waals surface area contributed by atoms with Crippen molar-refractivity contribution in [3.63, 3.8) is 0 Å². The van der Waals surface area contributed by atoms with E-state index in [-0.39, 0.29) is 17.0 Å². The first-order valence-electron chi connectivity index (χ1n) is 18.9. The molecule has 7 unspecified atom stereocenters. The van der Waals surface area contributed by atoms with Crippen LogP contribution in [0.5, 0.6) is 0 Å². The topological polar surface area (TPSA) is 154 Å². The van der Waals surface area contributed by atoms with Crippen LogP contribution in [0.3, 0.4) is 0 Å². The Morgan fingerprint density at radius 3 is 1.58 bits per heavy atom. The standard InChI is InChI=1S/C46H62O9/c1-28(17-13-19-30(3)21-23-34-32(5)39(49)36(48)25-45(34,7)8)15-11-12-16-29(2)18-14-20-31(4)22-24-35-33(6)40(50)37(26-46(35,9)10)54-44-43(53)42(52)41(51)38(27-47)55-44/h11-24,36-38,41-44,47-48,51-53H,25-27H2,1-10H3. The maximum absolute atomic E-state index is 13.3. The number of carbonyl (C=O) groups is 2. The lowest BCUT2D eigenvalue weighted by Crippen LogP contribution is -2.60. The first-order chi connectivity index (χ1) is 25.7. The number of carbonyl (C=O) groups excluding carboxylic acids is 2. The van der Waals surface area contributed by atoms with E-state index in [9.17, 15) is 35.1 Å². The largest absolute Gasteiger partial charge is 0.394 e. The van der Waals surface area contributed by atoms with Crippen LogP contribution in [-0.2, 0) is 19.1 Å². The summed E-state index contributed by atoms with van der Waals surface area (Å²) in [5.41, 5.74) is 6.49. The van der Waals surface area contributed by atoms with Crippen LogP contribution in [-0.4, -0.2) is 86.6 Å². The van der Waals surface area contributed by atoms with Crippen LogP contribution < -0.4 is 0 Å². The summed E-state index contributed by atoms with van der Waals surface area (Å²) >= 11 is 0. The molecule has 3 aliphatic rings. The van der Waals surface area contributed by atoms with Gasteiger partial charge in [-0.2, -0.15) is 0 Å². The molecule has 0 aromatic rings. The normalized spacial score (nSPS) is 30.5. The summed E-state index contributed by atoms with van der Waals surface area (Å²) in [4.78, 5) is 25.6. The summed E-state index contributed by atoms with van der Waals surface area (Å²) in [5, 5.41) is 50.1. The molecule has 0 spiro atoms. The minimum Gasteiger partial charge on any atom is -0.394 e. The highest BCUT2D eigenvalue weighted by Gasteiger charge is 2.47. The van der Waals surface area contributed by atoms with E-state index in [4.69, 9.17) is 9.47 Å². The minimum atomic E-state index is -1.58. The van der Waals surface area contributed by atoms with Crippen molar-refractivity contribution < 1.29 is 44.6 Å². The van der Waals surface area contributed by atoms with Gasteiger partial charge in [0.2, 0.25) is 0 Å². The molecule has 1 aliphatic heterocycles. The molecule has 1 heterocycles. The van der Waals surface area contributed by atoms with Crippen molar-refractivity contribution in [1.82, 2.24) is 0 Å². The number of hydrogen-bond donors (Lipinski definition) is 5. The van der Waals surface area contributed by atoms with Crippen molar-refractivity contribution >= 4 is 11.6 Å². The zero-order valence-corrected chi connectivity index (χ0v) is 34.1. The molecule has 3 rings (SSSR count). The Hall–Kier alpha value is -3.80. The van der Waals surface area contributed by atoms with Crippen LogP contribution in [0.1, 0.15) is 82.1 Å². The lowest BCUT2D eigenvalue weighted by molar-refractivity contribution is -0.309. The number of allylic oxidation sites excluding steroid dienone is 20. The molecule has 7 atom stereocenters. The first-order valence-corrected chi connectivity index (χ1v) is 18.9. The van der Waals surface area contributed by atoms with E-state index < -0.39 is 54.9 Å². The quantitative estimate of drug-likeness (QED) is 0.129. The second kappa shape index (κ2) is 19.9. The number of rotatable bonds is 13. The van der Waals surface area contributed by atoms with Gasteiger partial charge in [0.25, 0.3) is 0 Å². The number of hydrogen-bond acceptors (Lipinski definition) is 9. The third-order valence-corrected chi connectivity index (χ3v) is 10.4. The summed E-state index contributed by atoms with van der Waals surface area (Å²) < 4.78 is 11.3. The summed E-state index contributed by atoms with van der Waals surface area (Å²) in [6.45, 7) is 19.1. The Bertz CT molecular complexity index is 1770. The van der Waals surface area contributed by atoms with Gasteiger partial charge >= 0.3 is 0 Å². The second-order valence-electron chi connectivity index (χ2n) is 16.2. The van der Waals surface area contributed by atoms with E-state index in [1.165, 1.54) is 0 Å². The molecule has 2 aliphatic carbocycles. The molecule has 9 nitrogen and oxygen atoms in total. The maximum atomic E-state index is 13.3. The van der Waals surface area contributed by atoms with Gasteiger partial charge in [0.05, 0.1) is 6.61 Å². The van der Waals surface area contributed by atoms with Gasteiger partial charge in [-0.05, 0) is 87.5 Å². The molecule has 55 heavy (non-hydrogen) atoms. The number of ketones is 2. The second-order valence-corrected chi connectivity index (χ2v) is 16.2. The lowest BCUT2D eigenvalue weighted by atomic mass is 9.71. The van der Waals surface area contributed by atoms with E-state index in [2.05, 4.69) is 13.8 Å². The van der Waals surface area contributed by atoms with Gasteiger partial charge in [0.1, 0.15) is 36.6 Å². The Kier molecular flexibility index (Phi) is 16.5. The average Bonchev–Trinajstić information content (AvgIpc) is 3.10. The summed E-state index contributed by atoms with van der Waals surface area (Å²) in [6.07, 6.45) is 19.7. The maximum Gasteiger partial charge on any atom is 0.187 e.